The molecule has 2 saturated heterocycles. The molecule has 7 heterocycles. The minimum atomic E-state index is -1.05. The zero-order valence-electron chi connectivity index (χ0n) is 42.5. The van der Waals surface area contributed by atoms with Crippen LogP contribution >= 0.6 is 22.7 Å². The Morgan fingerprint density at radius 2 is 1.68 bits per heavy atom. The number of nitrogens with one attached hydrogen (secondary N) is 2. The third-order valence-corrected chi connectivity index (χ3v) is 16.5. The summed E-state index contributed by atoms with van der Waals surface area (Å²) in [6.45, 7) is 16.7. The number of aliphatic hydroxyl groups is 1. The number of furan rings is 1. The molecular weight excluding hydrogens is 979 g/mol. The number of likely N-dealkylation sites (tertiary alicyclic amines) is 1. The van der Waals surface area contributed by atoms with E-state index in [4.69, 9.17) is 14.1 Å². The topological polar surface area (TPSA) is 218 Å². The molecule has 7 aromatic rings. The first kappa shape index (κ1) is 50.3. The molecule has 3 aliphatic rings. The number of hydrogen-bond acceptors (Lipinski definition) is 14. The molecule has 3 aromatic carbocycles. The second kappa shape index (κ2) is 19.9. The Bertz CT molecular complexity index is 3330. The molecular formula is C55H59N9O8S2. The van der Waals surface area contributed by atoms with Crippen LogP contribution in [0.2, 0.25) is 0 Å². The van der Waals surface area contributed by atoms with Gasteiger partial charge in [-0.15, -0.1) is 32.9 Å². The average molecular weight is 1040 g/mol. The third-order valence-electron chi connectivity index (χ3n) is 14.3. The number of carbonyl (C=O) groups excluding carboxylic acids is 3. The average Bonchev–Trinajstić information content (AvgIpc) is 4.24. The molecule has 4 aromatic heterocycles. The molecule has 0 bridgehead atoms. The lowest BCUT2D eigenvalue weighted by molar-refractivity contribution is -0.142. The van der Waals surface area contributed by atoms with Gasteiger partial charge in [0.25, 0.3) is 5.91 Å². The van der Waals surface area contributed by atoms with Crippen molar-refractivity contribution in [1.82, 2.24) is 35.3 Å². The van der Waals surface area contributed by atoms with E-state index in [1.165, 1.54) is 4.90 Å². The Morgan fingerprint density at radius 1 is 0.932 bits per heavy atom. The zero-order valence-corrected chi connectivity index (χ0v) is 44.1. The van der Waals surface area contributed by atoms with Crippen molar-refractivity contribution in [1.29, 1.82) is 0 Å². The number of amides is 3. The molecule has 19 heteroatoms. The normalized spacial score (nSPS) is 19.4. The molecule has 0 aliphatic carbocycles. The smallest absolute Gasteiger partial charge is 0.306 e. The van der Waals surface area contributed by atoms with Crippen molar-refractivity contribution < 1.29 is 38.5 Å². The van der Waals surface area contributed by atoms with E-state index < -0.39 is 47.4 Å². The first-order valence-electron chi connectivity index (χ1n) is 24.8. The van der Waals surface area contributed by atoms with Gasteiger partial charge in [-0.25, -0.2) is 4.98 Å². The van der Waals surface area contributed by atoms with E-state index in [0.29, 0.717) is 34.9 Å². The number of aliphatic carboxylic acids is 1. The molecule has 6 atom stereocenters. The predicted octanol–water partition coefficient (Wildman–Crippen LogP) is 8.44. The van der Waals surface area contributed by atoms with Gasteiger partial charge in [0.15, 0.2) is 11.6 Å². The maximum atomic E-state index is 14.4. The van der Waals surface area contributed by atoms with Gasteiger partial charge in [-0.2, -0.15) is 0 Å². The van der Waals surface area contributed by atoms with Gasteiger partial charge < -0.3 is 39.8 Å². The number of aryl methyl sites for hydroxylation is 3. The van der Waals surface area contributed by atoms with Crippen LogP contribution in [0.4, 0.5) is 5.69 Å². The summed E-state index contributed by atoms with van der Waals surface area (Å²) in [4.78, 5) is 69.5. The number of hydrogen-bond donors (Lipinski definition) is 4. The number of carboxylic acid groups (broad SMARTS) is 1. The molecule has 2 fully saturated rings. The van der Waals surface area contributed by atoms with E-state index in [-0.39, 0.29) is 43.2 Å². The Kier molecular flexibility index (Phi) is 13.5. The third kappa shape index (κ3) is 9.82. The number of anilines is 1. The van der Waals surface area contributed by atoms with E-state index in [2.05, 4.69) is 56.7 Å². The van der Waals surface area contributed by atoms with Gasteiger partial charge in [-0.05, 0) is 93.1 Å². The number of carbonyl (C=O) groups is 4. The van der Waals surface area contributed by atoms with Crippen LogP contribution in [0.5, 0.6) is 5.75 Å². The van der Waals surface area contributed by atoms with Crippen molar-refractivity contribution in [3.63, 3.8) is 0 Å². The summed E-state index contributed by atoms with van der Waals surface area (Å²) in [6.07, 6.45) is -0.403. The largest absolute Gasteiger partial charge is 0.488 e. The summed E-state index contributed by atoms with van der Waals surface area (Å²) >= 11 is 3.20. The van der Waals surface area contributed by atoms with Gasteiger partial charge >= 0.3 is 5.97 Å². The minimum Gasteiger partial charge on any atom is -0.488 e. The monoisotopic (exact) mass is 1040 g/mol. The summed E-state index contributed by atoms with van der Waals surface area (Å²) in [5.41, 5.74) is 9.07. The Morgan fingerprint density at radius 3 is 2.38 bits per heavy atom. The van der Waals surface area contributed by atoms with Crippen LogP contribution in [0.1, 0.15) is 114 Å². The molecule has 10 rings (SSSR count). The second-order valence-electron chi connectivity index (χ2n) is 20.6. The van der Waals surface area contributed by atoms with Crippen LogP contribution in [0.15, 0.2) is 87.7 Å². The maximum Gasteiger partial charge on any atom is 0.306 e. The van der Waals surface area contributed by atoms with Gasteiger partial charge in [0.1, 0.15) is 46.4 Å². The highest BCUT2D eigenvalue weighted by atomic mass is 32.1. The van der Waals surface area contributed by atoms with Crippen LogP contribution in [-0.4, -0.2) is 108 Å². The summed E-state index contributed by atoms with van der Waals surface area (Å²) < 4.78 is 14.5. The number of thiophene rings is 1. The fourth-order valence-corrected chi connectivity index (χ4v) is 12.2. The number of ether oxygens (including phenoxy) is 1. The molecule has 3 unspecified atom stereocenters. The predicted molar refractivity (Wildman–Crippen MR) is 284 cm³/mol. The SMILES string of the molecule is Cc1ncsc1-c1ccc(C(C)NC(=O)[C@@H]2C[C@@H](O)CN2C(=O)C(NC(=O)c2cc3cc(OC4CCN(c5ccc(C6=N[C@@H](CC(=O)O)c7nnc(C)n7-c7sc(C)c(C)c76)cc5)C4)ccc3o2)C(C)(C)C)cc1. The number of rotatable bonds is 13. The molecule has 0 spiro atoms. The fourth-order valence-electron chi connectivity index (χ4n) is 10.2. The van der Waals surface area contributed by atoms with E-state index in [9.17, 15) is 29.4 Å². The molecule has 3 amide bonds. The van der Waals surface area contributed by atoms with Crippen LogP contribution in [0, 0.1) is 33.1 Å². The van der Waals surface area contributed by atoms with E-state index in [1.807, 2.05) is 100 Å². The highest BCUT2D eigenvalue weighted by Gasteiger charge is 2.45. The standard InChI is InChI=1S/C55H59N9O8S2/c1-28-31(4)74-54-46(28)47(58-41(24-45(66)67)50-61-60-32(5)64(50)54)34-13-15-37(16-14-34)62-20-19-40(26-62)71-39-17-18-43-36(21-39)22-44(72-43)52(69)59-49(55(6,7)8)53(70)63-25-38(65)23-42(63)51(68)57-29(2)33-9-11-35(12-10-33)48-30(3)56-27-73-48/h9-18,21-22,27,29,38,40-42,49,65H,19-20,23-26H2,1-8H3,(H,57,68)(H,59,69)(H,66,67)/t29?,38-,40?,41+,42+,49?/m1/s1. The number of fused-ring (bicyclic) bond motifs is 4. The van der Waals surface area contributed by atoms with E-state index in [0.717, 1.165) is 72.6 Å². The number of aliphatic hydroxyl groups excluding tert-OH is 1. The zero-order chi connectivity index (χ0) is 52.3. The fraction of sp³-hybridized carbons (Fsp3) is 0.382. The number of thiazole rings is 1. The summed E-state index contributed by atoms with van der Waals surface area (Å²) in [6, 6.07) is 20.1. The van der Waals surface area contributed by atoms with E-state index in [1.54, 1.807) is 34.8 Å². The highest BCUT2D eigenvalue weighted by molar-refractivity contribution is 7.15. The van der Waals surface area contributed by atoms with Crippen molar-refractivity contribution in [3.8, 4) is 21.2 Å². The minimum absolute atomic E-state index is 0.0154. The second-order valence-corrected chi connectivity index (χ2v) is 22.7. The number of nitrogens with zero attached hydrogens (tertiary/aromatic N) is 7. The number of benzene rings is 3. The number of aliphatic imine (C=N–C) groups is 1. The van der Waals surface area contributed by atoms with Crippen LogP contribution in [-0.2, 0) is 14.4 Å². The molecule has 74 heavy (non-hydrogen) atoms. The molecule has 3 aliphatic heterocycles. The summed E-state index contributed by atoms with van der Waals surface area (Å²) in [5, 5.41) is 36.8. The van der Waals surface area contributed by atoms with Crippen molar-refractivity contribution in [3.05, 3.63) is 129 Å². The molecule has 0 saturated carbocycles. The lowest BCUT2D eigenvalue weighted by Gasteiger charge is -2.35. The number of aromatic nitrogens is 4. The van der Waals surface area contributed by atoms with Gasteiger partial charge in [0.05, 0.1) is 46.9 Å². The van der Waals surface area contributed by atoms with Crippen LogP contribution in [0.25, 0.3) is 26.4 Å². The Hall–Kier alpha value is -7.22. The quantitative estimate of drug-likeness (QED) is 0.0856. The van der Waals surface area contributed by atoms with Gasteiger partial charge in [0, 0.05) is 53.0 Å². The lowest BCUT2D eigenvalue weighted by atomic mass is 9.85. The number of carboxylic acids is 1. The van der Waals surface area contributed by atoms with Crippen molar-refractivity contribution >= 4 is 68.7 Å². The molecule has 4 N–H and O–H groups in total. The molecule has 17 nitrogen and oxygen atoms in total. The first-order valence-corrected chi connectivity index (χ1v) is 26.5. The summed E-state index contributed by atoms with van der Waals surface area (Å²) in [7, 11) is 0. The molecule has 384 valence electrons. The van der Waals surface area contributed by atoms with Crippen LogP contribution in [0.3, 0.4) is 0 Å². The number of β-amino-alcohol motifs (C(OH)–C–C–N with tert-alkyl or cyclic N) is 1. The molecule has 0 radical (unpaired) electrons. The van der Waals surface area contributed by atoms with Crippen molar-refractivity contribution in [2.45, 2.75) is 111 Å². The first-order chi connectivity index (χ1) is 35.3. The van der Waals surface area contributed by atoms with Crippen molar-refractivity contribution in [2.75, 3.05) is 24.5 Å². The maximum absolute atomic E-state index is 14.4. The van der Waals surface area contributed by atoms with E-state index >= 15 is 0 Å². The van der Waals surface area contributed by atoms with Gasteiger partial charge in [-0.3, -0.25) is 28.7 Å². The Labute approximate surface area is 436 Å². The van der Waals surface area contributed by atoms with Gasteiger partial charge in [0.2, 0.25) is 11.8 Å². The Balaban J connectivity index is 0.782. The van der Waals surface area contributed by atoms with Gasteiger partial charge in [-0.1, -0.05) is 57.2 Å². The van der Waals surface area contributed by atoms with Crippen molar-refractivity contribution in [2.24, 2.45) is 10.4 Å². The summed E-state index contributed by atoms with van der Waals surface area (Å²) in [5.74, 6) is -0.586. The lowest BCUT2D eigenvalue weighted by Crippen LogP contribution is -2.57. The van der Waals surface area contributed by atoms with Crippen LogP contribution < -0.4 is 20.3 Å². The highest BCUT2D eigenvalue weighted by Crippen LogP contribution is 2.40.